The molecular weight excluding hydrogens is 525 g/mol. The highest BCUT2D eigenvalue weighted by Crippen LogP contribution is 2.21. The van der Waals surface area contributed by atoms with Crippen molar-refractivity contribution in [3.63, 3.8) is 0 Å². The molecule has 0 radical (unpaired) electrons. The maximum atomic E-state index is 13.8. The van der Waals surface area contributed by atoms with Crippen molar-refractivity contribution < 1.29 is 9.18 Å². The molecule has 4 rings (SSSR count). The Morgan fingerprint density at radius 1 is 1.23 bits per heavy atom. The van der Waals surface area contributed by atoms with Gasteiger partial charge in [-0.3, -0.25) is 18.8 Å². The predicted molar refractivity (Wildman–Crippen MR) is 115 cm³/mol. The van der Waals surface area contributed by atoms with Crippen LogP contribution in [0.25, 0.3) is 11.0 Å². The lowest BCUT2D eigenvalue weighted by molar-refractivity contribution is -0.116. The third kappa shape index (κ3) is 3.92. The standard InChI is InChI=1S/C18H14Br2FN7O2/c1-26-17-14(15(20)24-26)18(30)27(9-22-17)8-13(29)23-16-11(19)7-28(25-16)6-10-4-2-3-5-12(10)21/h2-5,7,9H,6,8H2,1H3,(H,23,25,29). The highest BCUT2D eigenvalue weighted by atomic mass is 79.9. The number of rotatable bonds is 5. The molecule has 0 bridgehead atoms. The highest BCUT2D eigenvalue weighted by Gasteiger charge is 2.16. The summed E-state index contributed by atoms with van der Waals surface area (Å²) < 4.78 is 18.9. The van der Waals surface area contributed by atoms with E-state index in [1.165, 1.54) is 26.3 Å². The molecule has 0 spiro atoms. The number of hydrogen-bond acceptors (Lipinski definition) is 5. The van der Waals surface area contributed by atoms with Crippen molar-refractivity contribution in [3.8, 4) is 0 Å². The largest absolute Gasteiger partial charge is 0.307 e. The van der Waals surface area contributed by atoms with Crippen LogP contribution in [-0.4, -0.2) is 35.0 Å². The number of nitrogens with zero attached hydrogens (tertiary/aromatic N) is 6. The molecule has 0 aliphatic rings. The van der Waals surface area contributed by atoms with E-state index >= 15 is 0 Å². The fourth-order valence-corrected chi connectivity index (χ4v) is 3.94. The summed E-state index contributed by atoms with van der Waals surface area (Å²) in [5.74, 6) is -0.533. The van der Waals surface area contributed by atoms with Crippen molar-refractivity contribution in [1.82, 2.24) is 29.1 Å². The van der Waals surface area contributed by atoms with Crippen molar-refractivity contribution in [2.45, 2.75) is 13.1 Å². The molecule has 3 aromatic heterocycles. The van der Waals surface area contributed by atoms with E-state index in [-0.39, 0.29) is 30.3 Å². The van der Waals surface area contributed by atoms with E-state index in [2.05, 4.69) is 52.4 Å². The molecular formula is C18H14Br2FN7O2. The third-order valence-electron chi connectivity index (χ3n) is 4.35. The first-order chi connectivity index (χ1) is 14.3. The number of fused-ring (bicyclic) bond motifs is 1. The van der Waals surface area contributed by atoms with Crippen LogP contribution in [0.1, 0.15) is 5.56 Å². The molecule has 0 atom stereocenters. The monoisotopic (exact) mass is 537 g/mol. The number of carbonyl (C=O) groups excluding carboxylic acids is 1. The Bertz CT molecular complexity index is 1330. The molecule has 30 heavy (non-hydrogen) atoms. The van der Waals surface area contributed by atoms with Gasteiger partial charge in [-0.1, -0.05) is 18.2 Å². The van der Waals surface area contributed by atoms with Crippen LogP contribution in [0.2, 0.25) is 0 Å². The summed E-state index contributed by atoms with van der Waals surface area (Å²) in [5.41, 5.74) is 0.496. The van der Waals surface area contributed by atoms with Gasteiger partial charge in [-0.25, -0.2) is 14.1 Å². The van der Waals surface area contributed by atoms with Gasteiger partial charge in [0.1, 0.15) is 28.7 Å². The van der Waals surface area contributed by atoms with Gasteiger partial charge in [0.15, 0.2) is 11.5 Å². The average Bonchev–Trinajstić information content (AvgIpc) is 3.18. The van der Waals surface area contributed by atoms with Gasteiger partial charge in [0.25, 0.3) is 5.56 Å². The first-order valence-corrected chi connectivity index (χ1v) is 10.3. The van der Waals surface area contributed by atoms with Crippen LogP contribution < -0.4 is 10.9 Å². The maximum Gasteiger partial charge on any atom is 0.266 e. The Balaban J connectivity index is 1.51. The lowest BCUT2D eigenvalue weighted by atomic mass is 10.2. The van der Waals surface area contributed by atoms with Crippen LogP contribution in [0, 0.1) is 5.82 Å². The van der Waals surface area contributed by atoms with E-state index in [4.69, 9.17) is 0 Å². The second-order valence-electron chi connectivity index (χ2n) is 6.45. The van der Waals surface area contributed by atoms with Crippen molar-refractivity contribution in [2.24, 2.45) is 7.05 Å². The smallest absolute Gasteiger partial charge is 0.266 e. The number of benzene rings is 1. The molecule has 0 aliphatic carbocycles. The number of halogens is 3. The first-order valence-electron chi connectivity index (χ1n) is 8.67. The van der Waals surface area contributed by atoms with Gasteiger partial charge >= 0.3 is 0 Å². The molecule has 0 saturated carbocycles. The average molecular weight is 539 g/mol. The van der Waals surface area contributed by atoms with Crippen LogP contribution in [0.5, 0.6) is 0 Å². The number of hydrogen-bond donors (Lipinski definition) is 1. The van der Waals surface area contributed by atoms with E-state index < -0.39 is 5.91 Å². The van der Waals surface area contributed by atoms with Crippen LogP contribution in [0.15, 0.2) is 50.7 Å². The predicted octanol–water partition coefficient (Wildman–Crippen LogP) is 2.68. The summed E-state index contributed by atoms with van der Waals surface area (Å²) in [6.45, 7) is -0.0497. The molecule has 12 heteroatoms. The Morgan fingerprint density at radius 2 is 2.00 bits per heavy atom. The molecule has 0 fully saturated rings. The zero-order valence-electron chi connectivity index (χ0n) is 15.5. The quantitative estimate of drug-likeness (QED) is 0.421. The van der Waals surface area contributed by atoms with Crippen LogP contribution in [0.4, 0.5) is 10.2 Å². The molecule has 1 aromatic carbocycles. The third-order valence-corrected chi connectivity index (χ3v) is 5.48. The normalized spacial score (nSPS) is 11.2. The molecule has 0 unspecified atom stereocenters. The number of carbonyl (C=O) groups is 1. The summed E-state index contributed by atoms with van der Waals surface area (Å²) in [4.78, 5) is 29.3. The van der Waals surface area contributed by atoms with Crippen molar-refractivity contribution in [2.75, 3.05) is 5.32 Å². The molecule has 4 aromatic rings. The molecule has 9 nitrogen and oxygen atoms in total. The summed E-state index contributed by atoms with van der Waals surface area (Å²) in [5, 5.41) is 11.3. The molecule has 0 aliphatic heterocycles. The van der Waals surface area contributed by atoms with Crippen molar-refractivity contribution in [1.29, 1.82) is 0 Å². The Labute approximate surface area is 185 Å². The van der Waals surface area contributed by atoms with Gasteiger partial charge in [0.05, 0.1) is 11.0 Å². The van der Waals surface area contributed by atoms with Gasteiger partial charge in [-0.05, 0) is 37.9 Å². The lowest BCUT2D eigenvalue weighted by Gasteiger charge is -2.06. The Hall–Kier alpha value is -2.86. The maximum absolute atomic E-state index is 13.8. The SMILES string of the molecule is Cn1nc(Br)c2c(=O)n(CC(=O)Nc3nn(Cc4ccccc4F)cc3Br)cnc21. The minimum Gasteiger partial charge on any atom is -0.307 e. The number of amides is 1. The number of anilines is 1. The Kier molecular flexibility index (Phi) is 5.52. The van der Waals surface area contributed by atoms with E-state index in [1.54, 1.807) is 31.4 Å². The van der Waals surface area contributed by atoms with Gasteiger partial charge in [-0.2, -0.15) is 10.2 Å². The second kappa shape index (κ2) is 8.11. The molecule has 1 N–H and O–H groups in total. The van der Waals surface area contributed by atoms with E-state index in [0.29, 0.717) is 25.7 Å². The minimum atomic E-state index is -0.463. The molecule has 0 saturated heterocycles. The summed E-state index contributed by atoms with van der Waals surface area (Å²) in [7, 11) is 1.67. The number of nitrogens with one attached hydrogen (secondary N) is 1. The summed E-state index contributed by atoms with van der Waals surface area (Å²) in [6, 6.07) is 6.39. The number of aromatic nitrogens is 6. The Morgan fingerprint density at radius 3 is 2.77 bits per heavy atom. The van der Waals surface area contributed by atoms with E-state index in [1.807, 2.05) is 0 Å². The van der Waals surface area contributed by atoms with Crippen LogP contribution in [-0.2, 0) is 24.9 Å². The van der Waals surface area contributed by atoms with Gasteiger partial charge in [-0.15, -0.1) is 0 Å². The van der Waals surface area contributed by atoms with Gasteiger partial charge in [0.2, 0.25) is 5.91 Å². The van der Waals surface area contributed by atoms with Gasteiger partial charge < -0.3 is 5.32 Å². The summed E-state index contributed by atoms with van der Waals surface area (Å²) >= 11 is 6.57. The molecule has 3 heterocycles. The van der Waals surface area contributed by atoms with Crippen molar-refractivity contribution in [3.05, 3.63) is 67.6 Å². The van der Waals surface area contributed by atoms with E-state index in [0.717, 1.165) is 0 Å². The van der Waals surface area contributed by atoms with Crippen LogP contribution >= 0.6 is 31.9 Å². The zero-order chi connectivity index (χ0) is 21.4. The second-order valence-corrected chi connectivity index (χ2v) is 8.06. The zero-order valence-corrected chi connectivity index (χ0v) is 18.7. The first kappa shape index (κ1) is 20.4. The van der Waals surface area contributed by atoms with Gasteiger partial charge in [0, 0.05) is 18.8 Å². The van der Waals surface area contributed by atoms with E-state index in [9.17, 15) is 14.0 Å². The number of aryl methyl sites for hydroxylation is 1. The van der Waals surface area contributed by atoms with Crippen LogP contribution in [0.3, 0.4) is 0 Å². The lowest BCUT2D eigenvalue weighted by Crippen LogP contribution is -2.28. The molecule has 1 amide bonds. The van der Waals surface area contributed by atoms with Crippen molar-refractivity contribution >= 4 is 54.6 Å². The fourth-order valence-electron chi connectivity index (χ4n) is 2.94. The summed E-state index contributed by atoms with van der Waals surface area (Å²) in [6.07, 6.45) is 2.93. The fraction of sp³-hybridized carbons (Fsp3) is 0.167. The topological polar surface area (TPSA) is 99.6 Å². The minimum absolute atomic E-state index is 0.205. The molecule has 154 valence electrons. The highest BCUT2D eigenvalue weighted by molar-refractivity contribution is 9.11.